The monoisotopic (exact) mass is 241 g/mol. The van der Waals surface area contributed by atoms with E-state index >= 15 is 0 Å². The molecule has 0 spiro atoms. The van der Waals surface area contributed by atoms with Crippen LogP contribution in [0.5, 0.6) is 11.6 Å². The van der Waals surface area contributed by atoms with Crippen LogP contribution < -0.4 is 16.0 Å². The lowest BCUT2D eigenvalue weighted by Gasteiger charge is -2.08. The number of nitrogens with two attached hydrogens (primary N) is 1. The minimum absolute atomic E-state index is 0.358. The van der Waals surface area contributed by atoms with E-state index in [9.17, 15) is 0 Å². The molecule has 0 unspecified atom stereocenters. The summed E-state index contributed by atoms with van der Waals surface area (Å²) < 4.78 is 5.60. The van der Waals surface area contributed by atoms with Crippen LogP contribution in [-0.4, -0.2) is 9.97 Å². The first-order chi connectivity index (χ1) is 8.72. The zero-order chi connectivity index (χ0) is 13.0. The average molecular weight is 241 g/mol. The summed E-state index contributed by atoms with van der Waals surface area (Å²) in [6.45, 7) is 1.89. The molecular weight excluding hydrogens is 230 g/mol. The summed E-state index contributed by atoms with van der Waals surface area (Å²) in [6.07, 6.45) is 1.34. The van der Waals surface area contributed by atoms with Crippen molar-refractivity contribution in [3.63, 3.8) is 0 Å². The molecule has 2 aromatic rings. The highest BCUT2D eigenvalue weighted by molar-refractivity contribution is 5.44. The van der Waals surface area contributed by atoms with E-state index in [1.807, 2.05) is 13.0 Å². The Morgan fingerprint density at radius 3 is 2.89 bits per heavy atom. The molecule has 1 aromatic carbocycles. The lowest BCUT2D eigenvalue weighted by atomic mass is 10.1. The maximum absolute atomic E-state index is 8.84. The number of rotatable bonds is 3. The Balaban J connectivity index is 2.30. The smallest absolute Gasteiger partial charge is 0.224 e. The van der Waals surface area contributed by atoms with Crippen molar-refractivity contribution in [2.75, 3.05) is 5.43 Å². The third kappa shape index (κ3) is 2.53. The number of hydrogen-bond acceptors (Lipinski definition) is 6. The van der Waals surface area contributed by atoms with Crippen molar-refractivity contribution in [3.05, 3.63) is 41.7 Å². The molecule has 0 aliphatic rings. The Bertz CT molecular complexity index is 606. The van der Waals surface area contributed by atoms with E-state index in [0.29, 0.717) is 23.0 Å². The third-order valence-electron chi connectivity index (χ3n) is 2.32. The zero-order valence-corrected chi connectivity index (χ0v) is 9.71. The van der Waals surface area contributed by atoms with E-state index < -0.39 is 0 Å². The van der Waals surface area contributed by atoms with Crippen LogP contribution in [0, 0.1) is 18.3 Å². The molecule has 0 aliphatic heterocycles. The predicted molar refractivity (Wildman–Crippen MR) is 65.8 cm³/mol. The summed E-state index contributed by atoms with van der Waals surface area (Å²) in [7, 11) is 0. The molecule has 0 aliphatic carbocycles. The number of hydrazine groups is 1. The second-order valence-corrected chi connectivity index (χ2v) is 3.58. The Labute approximate surface area is 104 Å². The van der Waals surface area contributed by atoms with Crippen LogP contribution in [0.4, 0.5) is 5.82 Å². The van der Waals surface area contributed by atoms with E-state index in [1.165, 1.54) is 6.33 Å². The molecule has 90 valence electrons. The summed E-state index contributed by atoms with van der Waals surface area (Å²) >= 11 is 0. The first kappa shape index (κ1) is 11.8. The van der Waals surface area contributed by atoms with Gasteiger partial charge in [-0.1, -0.05) is 6.07 Å². The standard InChI is InChI=1S/C12H11N5O/c1-8-2-3-9(6-13)4-10(8)18-12-5-11(17-14)15-7-16-12/h2-5,7H,14H2,1H3,(H,15,16,17). The molecule has 0 atom stereocenters. The summed E-state index contributed by atoms with van der Waals surface area (Å²) in [5, 5.41) is 8.84. The van der Waals surface area contributed by atoms with Crippen molar-refractivity contribution in [1.29, 1.82) is 5.26 Å². The molecule has 0 amide bonds. The molecule has 0 fully saturated rings. The second kappa shape index (κ2) is 5.12. The normalized spacial score (nSPS) is 9.61. The fourth-order valence-corrected chi connectivity index (χ4v) is 1.37. The van der Waals surface area contributed by atoms with Gasteiger partial charge in [0.2, 0.25) is 5.88 Å². The van der Waals surface area contributed by atoms with Crippen molar-refractivity contribution < 1.29 is 4.74 Å². The molecule has 3 N–H and O–H groups in total. The van der Waals surface area contributed by atoms with Gasteiger partial charge in [-0.25, -0.2) is 15.8 Å². The van der Waals surface area contributed by atoms with Gasteiger partial charge in [-0.2, -0.15) is 5.26 Å². The maximum Gasteiger partial charge on any atom is 0.224 e. The van der Waals surface area contributed by atoms with Crippen molar-refractivity contribution in [1.82, 2.24) is 9.97 Å². The van der Waals surface area contributed by atoms with Crippen LogP contribution in [-0.2, 0) is 0 Å². The van der Waals surface area contributed by atoms with Gasteiger partial charge in [0.05, 0.1) is 11.6 Å². The first-order valence-electron chi connectivity index (χ1n) is 5.20. The molecule has 0 radical (unpaired) electrons. The third-order valence-corrected chi connectivity index (χ3v) is 2.32. The Hall–Kier alpha value is -2.65. The van der Waals surface area contributed by atoms with Crippen LogP contribution in [0.2, 0.25) is 0 Å². The van der Waals surface area contributed by atoms with Gasteiger partial charge in [0.25, 0.3) is 0 Å². The number of benzene rings is 1. The van der Waals surface area contributed by atoms with Crippen molar-refractivity contribution in [3.8, 4) is 17.7 Å². The second-order valence-electron chi connectivity index (χ2n) is 3.58. The number of ether oxygens (including phenoxy) is 1. The van der Waals surface area contributed by atoms with E-state index in [-0.39, 0.29) is 0 Å². The van der Waals surface area contributed by atoms with Gasteiger partial charge < -0.3 is 10.2 Å². The van der Waals surface area contributed by atoms with Gasteiger partial charge >= 0.3 is 0 Å². The topological polar surface area (TPSA) is 96.8 Å². The molecule has 0 saturated heterocycles. The lowest BCUT2D eigenvalue weighted by molar-refractivity contribution is 0.458. The van der Waals surface area contributed by atoms with Crippen LogP contribution in [0.25, 0.3) is 0 Å². The molecule has 1 heterocycles. The van der Waals surface area contributed by atoms with Crippen molar-refractivity contribution >= 4 is 5.82 Å². The van der Waals surface area contributed by atoms with E-state index in [2.05, 4.69) is 21.5 Å². The highest BCUT2D eigenvalue weighted by atomic mass is 16.5. The minimum atomic E-state index is 0.358. The van der Waals surface area contributed by atoms with Crippen LogP contribution >= 0.6 is 0 Å². The van der Waals surface area contributed by atoms with E-state index in [0.717, 1.165) is 5.56 Å². The van der Waals surface area contributed by atoms with Gasteiger partial charge in [0.1, 0.15) is 17.9 Å². The van der Waals surface area contributed by atoms with Gasteiger partial charge in [0.15, 0.2) is 0 Å². The average Bonchev–Trinajstić information content (AvgIpc) is 2.41. The Kier molecular flexibility index (Phi) is 3.36. The fourth-order valence-electron chi connectivity index (χ4n) is 1.37. The Morgan fingerprint density at radius 2 is 2.17 bits per heavy atom. The summed E-state index contributed by atoms with van der Waals surface area (Å²) in [5.74, 6) is 6.64. The molecule has 6 heteroatoms. The van der Waals surface area contributed by atoms with E-state index in [1.54, 1.807) is 18.2 Å². The number of nitrogen functional groups attached to an aromatic ring is 1. The molecule has 18 heavy (non-hydrogen) atoms. The van der Waals surface area contributed by atoms with Gasteiger partial charge in [0, 0.05) is 6.07 Å². The molecule has 1 aromatic heterocycles. The minimum Gasteiger partial charge on any atom is -0.439 e. The molecule has 0 bridgehead atoms. The lowest BCUT2D eigenvalue weighted by Crippen LogP contribution is -2.08. The molecule has 2 rings (SSSR count). The van der Waals surface area contributed by atoms with Crippen LogP contribution in [0.15, 0.2) is 30.6 Å². The highest BCUT2D eigenvalue weighted by Crippen LogP contribution is 2.25. The quantitative estimate of drug-likeness (QED) is 0.627. The molecule has 6 nitrogen and oxygen atoms in total. The largest absolute Gasteiger partial charge is 0.439 e. The number of anilines is 1. The van der Waals surface area contributed by atoms with Crippen molar-refractivity contribution in [2.24, 2.45) is 5.84 Å². The Morgan fingerprint density at radius 1 is 1.33 bits per heavy atom. The summed E-state index contributed by atoms with van der Waals surface area (Å²) in [5.41, 5.74) is 3.85. The summed E-state index contributed by atoms with van der Waals surface area (Å²) in [4.78, 5) is 7.84. The van der Waals surface area contributed by atoms with Crippen LogP contribution in [0.3, 0.4) is 0 Å². The number of aryl methyl sites for hydroxylation is 1. The van der Waals surface area contributed by atoms with Gasteiger partial charge in [-0.05, 0) is 24.6 Å². The molecule has 0 saturated carbocycles. The number of nitriles is 1. The number of aromatic nitrogens is 2. The summed E-state index contributed by atoms with van der Waals surface area (Å²) in [6, 6.07) is 8.83. The fraction of sp³-hybridized carbons (Fsp3) is 0.0833. The number of hydrogen-bond donors (Lipinski definition) is 2. The zero-order valence-electron chi connectivity index (χ0n) is 9.71. The van der Waals surface area contributed by atoms with E-state index in [4.69, 9.17) is 15.8 Å². The molecular formula is C12H11N5O. The first-order valence-corrected chi connectivity index (χ1v) is 5.20. The number of nitrogens with zero attached hydrogens (tertiary/aromatic N) is 3. The predicted octanol–water partition coefficient (Wildman–Crippen LogP) is 1.73. The highest BCUT2D eigenvalue weighted by Gasteiger charge is 2.05. The van der Waals surface area contributed by atoms with Gasteiger partial charge in [-0.15, -0.1) is 0 Å². The van der Waals surface area contributed by atoms with Crippen LogP contribution in [0.1, 0.15) is 11.1 Å². The number of nitrogens with one attached hydrogen (secondary N) is 1. The van der Waals surface area contributed by atoms with Gasteiger partial charge in [-0.3, -0.25) is 0 Å². The van der Waals surface area contributed by atoms with Crippen molar-refractivity contribution in [2.45, 2.75) is 6.92 Å². The maximum atomic E-state index is 8.84. The SMILES string of the molecule is Cc1ccc(C#N)cc1Oc1cc(NN)ncn1.